The summed E-state index contributed by atoms with van der Waals surface area (Å²) in [6.07, 6.45) is 4.93. The fraction of sp³-hybridized carbons (Fsp3) is 0.419. The summed E-state index contributed by atoms with van der Waals surface area (Å²) in [5.74, 6) is 0.293. The number of rotatable bonds is 9. The average molecular weight is 519 g/mol. The van der Waals surface area contributed by atoms with Gasteiger partial charge in [0.1, 0.15) is 22.8 Å². The molecule has 0 radical (unpaired) electrons. The van der Waals surface area contributed by atoms with Gasteiger partial charge in [0.2, 0.25) is 5.88 Å². The number of amides is 1. The van der Waals surface area contributed by atoms with Gasteiger partial charge in [0.25, 0.3) is 5.91 Å². The smallest absolute Gasteiger partial charge is 0.263 e. The molecule has 0 aliphatic carbocycles. The summed E-state index contributed by atoms with van der Waals surface area (Å²) in [5.41, 5.74) is 3.83. The van der Waals surface area contributed by atoms with Gasteiger partial charge in [-0.1, -0.05) is 43.7 Å². The fourth-order valence-electron chi connectivity index (χ4n) is 5.34. The van der Waals surface area contributed by atoms with Crippen molar-refractivity contribution in [2.24, 2.45) is 5.92 Å². The summed E-state index contributed by atoms with van der Waals surface area (Å²) in [6.45, 7) is 5.30. The number of aromatic nitrogens is 1. The quantitative estimate of drug-likeness (QED) is 0.365. The van der Waals surface area contributed by atoms with E-state index in [-0.39, 0.29) is 11.3 Å². The largest absolute Gasteiger partial charge is 0.506 e. The van der Waals surface area contributed by atoms with Gasteiger partial charge in [-0.05, 0) is 68.2 Å². The second-order valence-electron chi connectivity index (χ2n) is 9.99. The van der Waals surface area contributed by atoms with E-state index in [1.54, 1.807) is 37.3 Å². The van der Waals surface area contributed by atoms with Crippen LogP contribution in [0.15, 0.2) is 42.5 Å². The number of carbonyl (C=O) groups is 1. The first-order valence-electron chi connectivity index (χ1n) is 13.4. The summed E-state index contributed by atoms with van der Waals surface area (Å²) in [6, 6.07) is 13.8. The predicted molar refractivity (Wildman–Crippen MR) is 148 cm³/mol. The molecule has 0 atom stereocenters. The van der Waals surface area contributed by atoms with Crippen LogP contribution >= 0.6 is 0 Å². The second-order valence-corrected chi connectivity index (χ2v) is 9.99. The van der Waals surface area contributed by atoms with Gasteiger partial charge in [0.05, 0.1) is 31.0 Å². The molecule has 0 unspecified atom stereocenters. The van der Waals surface area contributed by atoms with E-state index in [1.807, 2.05) is 0 Å². The van der Waals surface area contributed by atoms with Crippen LogP contribution < -0.4 is 9.47 Å². The zero-order valence-electron chi connectivity index (χ0n) is 22.8. The molecule has 38 heavy (non-hydrogen) atoms. The molecule has 0 saturated carbocycles. The van der Waals surface area contributed by atoms with E-state index in [2.05, 4.69) is 43.1 Å². The third-order valence-corrected chi connectivity index (χ3v) is 7.56. The second kappa shape index (κ2) is 12.2. The SMILES string of the molecule is CCCCc1nc(O)c(C(=O)N2CCC(Cc3ccccc3C)CC2)c(O)c1-c1c(OC)cccc1OC. The number of piperidine rings is 1. The number of unbranched alkanes of at least 4 members (excludes halogenated alkanes) is 1. The molecule has 3 aromatic rings. The summed E-state index contributed by atoms with van der Waals surface area (Å²) in [7, 11) is 3.09. The molecular weight excluding hydrogens is 480 g/mol. The topological polar surface area (TPSA) is 92.1 Å². The Morgan fingerprint density at radius 2 is 1.66 bits per heavy atom. The summed E-state index contributed by atoms with van der Waals surface area (Å²) < 4.78 is 11.2. The van der Waals surface area contributed by atoms with Crippen molar-refractivity contribution in [2.75, 3.05) is 27.3 Å². The van der Waals surface area contributed by atoms with Crippen LogP contribution in [0.2, 0.25) is 0 Å². The average Bonchev–Trinajstić information content (AvgIpc) is 2.93. The van der Waals surface area contributed by atoms with Crippen molar-refractivity contribution in [3.8, 4) is 34.3 Å². The Balaban J connectivity index is 1.66. The van der Waals surface area contributed by atoms with Crippen LogP contribution in [0.1, 0.15) is 59.8 Å². The zero-order chi connectivity index (χ0) is 27.2. The van der Waals surface area contributed by atoms with E-state index in [1.165, 1.54) is 11.1 Å². The lowest BCUT2D eigenvalue weighted by Gasteiger charge is -2.32. The Morgan fingerprint density at radius 3 is 2.26 bits per heavy atom. The number of carbonyl (C=O) groups excluding carboxylic acids is 1. The third kappa shape index (κ3) is 5.57. The van der Waals surface area contributed by atoms with E-state index in [0.717, 1.165) is 32.1 Å². The fourth-order valence-corrected chi connectivity index (χ4v) is 5.34. The van der Waals surface area contributed by atoms with Crippen molar-refractivity contribution in [2.45, 2.75) is 52.4 Å². The lowest BCUT2D eigenvalue weighted by atomic mass is 9.88. The van der Waals surface area contributed by atoms with Gasteiger partial charge in [-0.2, -0.15) is 0 Å². The highest BCUT2D eigenvalue weighted by molar-refractivity contribution is 6.02. The van der Waals surface area contributed by atoms with E-state index < -0.39 is 11.8 Å². The molecular formula is C31H38N2O5. The molecule has 1 fully saturated rings. The first-order chi connectivity index (χ1) is 18.4. The maximum Gasteiger partial charge on any atom is 0.263 e. The number of hydrogen-bond donors (Lipinski definition) is 2. The number of methoxy groups -OCH3 is 2. The minimum atomic E-state index is -0.446. The van der Waals surface area contributed by atoms with E-state index >= 15 is 0 Å². The van der Waals surface area contributed by atoms with Crippen LogP contribution in [0.3, 0.4) is 0 Å². The molecule has 2 heterocycles. The predicted octanol–water partition coefficient (Wildman–Crippen LogP) is 5.92. The van der Waals surface area contributed by atoms with Crippen molar-refractivity contribution in [1.29, 1.82) is 0 Å². The molecule has 1 amide bonds. The number of aryl methyl sites for hydroxylation is 2. The van der Waals surface area contributed by atoms with E-state index in [0.29, 0.717) is 53.7 Å². The number of nitrogens with zero attached hydrogens (tertiary/aromatic N) is 2. The normalized spacial score (nSPS) is 13.9. The molecule has 2 aromatic carbocycles. The standard InChI is InChI=1S/C31H38N2O5/c1-5-6-12-23-26(27-24(37-3)13-9-14-25(27)38-4)29(34)28(30(35)32-23)31(36)33-17-15-21(16-18-33)19-22-11-8-7-10-20(22)2/h7-11,13-14,21H,5-6,12,15-19H2,1-4H3,(H2,32,34,35). The van der Waals surface area contributed by atoms with Crippen LogP contribution in [0.4, 0.5) is 0 Å². The maximum atomic E-state index is 13.7. The van der Waals surface area contributed by atoms with Crippen molar-refractivity contribution in [1.82, 2.24) is 9.88 Å². The van der Waals surface area contributed by atoms with Crippen molar-refractivity contribution < 1.29 is 24.5 Å². The third-order valence-electron chi connectivity index (χ3n) is 7.56. The number of likely N-dealkylation sites (tertiary alicyclic amines) is 1. The Bertz CT molecular complexity index is 1260. The van der Waals surface area contributed by atoms with Crippen LogP contribution in [0, 0.1) is 12.8 Å². The van der Waals surface area contributed by atoms with Crippen LogP contribution in [0.5, 0.6) is 23.1 Å². The summed E-state index contributed by atoms with van der Waals surface area (Å²) in [4.78, 5) is 19.8. The molecule has 0 bridgehead atoms. The van der Waals surface area contributed by atoms with Gasteiger partial charge in [0.15, 0.2) is 0 Å². The van der Waals surface area contributed by atoms with E-state index in [9.17, 15) is 15.0 Å². The molecule has 7 heteroatoms. The van der Waals surface area contributed by atoms with Gasteiger partial charge >= 0.3 is 0 Å². The number of pyridine rings is 1. The number of benzene rings is 2. The highest BCUT2D eigenvalue weighted by Crippen LogP contribution is 2.47. The summed E-state index contributed by atoms with van der Waals surface area (Å²) in [5, 5.41) is 22.5. The minimum Gasteiger partial charge on any atom is -0.506 e. The van der Waals surface area contributed by atoms with Crippen LogP contribution in [-0.2, 0) is 12.8 Å². The van der Waals surface area contributed by atoms with Gasteiger partial charge in [-0.3, -0.25) is 4.79 Å². The summed E-state index contributed by atoms with van der Waals surface area (Å²) >= 11 is 0. The molecule has 202 valence electrons. The maximum absolute atomic E-state index is 13.7. The lowest BCUT2D eigenvalue weighted by Crippen LogP contribution is -2.39. The van der Waals surface area contributed by atoms with Crippen LogP contribution in [0.25, 0.3) is 11.1 Å². The molecule has 0 spiro atoms. The van der Waals surface area contributed by atoms with Crippen molar-refractivity contribution in [3.63, 3.8) is 0 Å². The van der Waals surface area contributed by atoms with Gasteiger partial charge in [-0.15, -0.1) is 0 Å². The first-order valence-corrected chi connectivity index (χ1v) is 13.4. The molecule has 7 nitrogen and oxygen atoms in total. The molecule has 1 saturated heterocycles. The molecule has 2 N–H and O–H groups in total. The van der Waals surface area contributed by atoms with Crippen molar-refractivity contribution >= 4 is 5.91 Å². The molecule has 1 aromatic heterocycles. The monoisotopic (exact) mass is 518 g/mol. The molecule has 4 rings (SSSR count). The Labute approximate surface area is 225 Å². The number of ether oxygens (including phenoxy) is 2. The van der Waals surface area contributed by atoms with Gasteiger partial charge in [-0.25, -0.2) is 4.98 Å². The van der Waals surface area contributed by atoms with Gasteiger partial charge < -0.3 is 24.6 Å². The highest BCUT2D eigenvalue weighted by atomic mass is 16.5. The number of aromatic hydroxyl groups is 2. The highest BCUT2D eigenvalue weighted by Gasteiger charge is 2.32. The first kappa shape index (κ1) is 27.3. The van der Waals surface area contributed by atoms with E-state index in [4.69, 9.17) is 9.47 Å². The zero-order valence-corrected chi connectivity index (χ0v) is 22.8. The number of hydrogen-bond acceptors (Lipinski definition) is 6. The Hall–Kier alpha value is -3.74. The van der Waals surface area contributed by atoms with Gasteiger partial charge in [0, 0.05) is 13.1 Å². The Kier molecular flexibility index (Phi) is 8.77. The Morgan fingerprint density at radius 1 is 1.00 bits per heavy atom. The molecule has 1 aliphatic heterocycles. The van der Waals surface area contributed by atoms with Crippen LogP contribution in [-0.4, -0.2) is 53.3 Å². The van der Waals surface area contributed by atoms with Crippen molar-refractivity contribution in [3.05, 3.63) is 64.8 Å². The molecule has 1 aliphatic rings. The minimum absolute atomic E-state index is 0.175. The lowest BCUT2D eigenvalue weighted by molar-refractivity contribution is 0.0683.